The lowest BCUT2D eigenvalue weighted by Crippen LogP contribution is -2.50. The van der Waals surface area contributed by atoms with Crippen LogP contribution in [0.25, 0.3) is 0 Å². The van der Waals surface area contributed by atoms with Gasteiger partial charge in [-0.2, -0.15) is 0 Å². The van der Waals surface area contributed by atoms with Crippen LogP contribution in [0.3, 0.4) is 0 Å². The Morgan fingerprint density at radius 2 is 1.72 bits per heavy atom. The first-order valence-corrected chi connectivity index (χ1v) is 6.92. The van der Waals surface area contributed by atoms with E-state index in [1.807, 2.05) is 0 Å². The average molecular weight is 247 g/mol. The summed E-state index contributed by atoms with van der Waals surface area (Å²) in [6.45, 7) is 12.0. The van der Waals surface area contributed by atoms with Crippen LogP contribution in [0.15, 0.2) is 12.1 Å². The average Bonchev–Trinajstić information content (AvgIpc) is 2.34. The molecule has 1 aliphatic heterocycles. The van der Waals surface area contributed by atoms with Crippen LogP contribution in [-0.2, 0) is 6.42 Å². The molecule has 0 unspecified atom stereocenters. The van der Waals surface area contributed by atoms with Crippen LogP contribution in [0.4, 0.5) is 0 Å². The van der Waals surface area contributed by atoms with E-state index in [1.165, 1.54) is 22.3 Å². The Morgan fingerprint density at radius 3 is 2.33 bits per heavy atom. The zero-order valence-corrected chi connectivity index (χ0v) is 11.8. The second-order valence-electron chi connectivity index (χ2n) is 5.27. The molecular formula is C15H25N3. The molecule has 1 aromatic carbocycles. The summed E-state index contributed by atoms with van der Waals surface area (Å²) in [5.74, 6) is 0. The van der Waals surface area contributed by atoms with Gasteiger partial charge < -0.3 is 5.32 Å². The summed E-state index contributed by atoms with van der Waals surface area (Å²) in [5.41, 5.74) is 9.25. The van der Waals surface area contributed by atoms with Crippen LogP contribution in [0.2, 0.25) is 0 Å². The summed E-state index contributed by atoms with van der Waals surface area (Å²) < 4.78 is 0. The predicted octanol–water partition coefficient (Wildman–Crippen LogP) is 1.56. The lowest BCUT2D eigenvalue weighted by molar-refractivity contribution is 0.166. The molecule has 3 heteroatoms. The van der Waals surface area contributed by atoms with E-state index >= 15 is 0 Å². The van der Waals surface area contributed by atoms with Crippen molar-refractivity contribution in [2.45, 2.75) is 27.2 Å². The van der Waals surface area contributed by atoms with Crippen molar-refractivity contribution in [2.24, 2.45) is 0 Å². The van der Waals surface area contributed by atoms with Gasteiger partial charge in [0.2, 0.25) is 0 Å². The van der Waals surface area contributed by atoms with Crippen molar-refractivity contribution in [3.63, 3.8) is 0 Å². The van der Waals surface area contributed by atoms with E-state index in [0.29, 0.717) is 0 Å². The molecule has 0 radical (unpaired) electrons. The minimum Gasteiger partial charge on any atom is -0.314 e. The predicted molar refractivity (Wildman–Crippen MR) is 76.8 cm³/mol. The third-order valence-electron chi connectivity index (χ3n) is 3.67. The zero-order valence-electron chi connectivity index (χ0n) is 11.8. The smallest absolute Gasteiger partial charge is 0.0256 e. The minimum atomic E-state index is 1.03. The van der Waals surface area contributed by atoms with Gasteiger partial charge in [0.1, 0.15) is 0 Å². The Kier molecular flexibility index (Phi) is 4.75. The van der Waals surface area contributed by atoms with Crippen molar-refractivity contribution in [1.82, 2.24) is 15.8 Å². The van der Waals surface area contributed by atoms with E-state index in [-0.39, 0.29) is 0 Å². The molecule has 100 valence electrons. The number of hydrogen-bond acceptors (Lipinski definition) is 3. The maximum atomic E-state index is 3.53. The standard InChI is InChI=1S/C15H25N3/c1-12-10-13(2)15(14(3)11-12)4-5-17-18-8-6-16-7-9-18/h10-11,16-17H,4-9H2,1-3H3. The van der Waals surface area contributed by atoms with Gasteiger partial charge in [-0.25, -0.2) is 5.01 Å². The summed E-state index contributed by atoms with van der Waals surface area (Å²) in [7, 11) is 0. The van der Waals surface area contributed by atoms with Crippen molar-refractivity contribution in [1.29, 1.82) is 0 Å². The first kappa shape index (κ1) is 13.5. The summed E-state index contributed by atoms with van der Waals surface area (Å²) in [5, 5.41) is 5.69. The lowest BCUT2D eigenvalue weighted by atomic mass is 9.97. The maximum Gasteiger partial charge on any atom is 0.0256 e. The van der Waals surface area contributed by atoms with E-state index in [2.05, 4.69) is 48.7 Å². The summed E-state index contributed by atoms with van der Waals surface area (Å²) in [6.07, 6.45) is 1.11. The molecule has 1 fully saturated rings. The van der Waals surface area contributed by atoms with E-state index in [4.69, 9.17) is 0 Å². The summed E-state index contributed by atoms with van der Waals surface area (Å²) in [6, 6.07) is 4.57. The highest BCUT2D eigenvalue weighted by Crippen LogP contribution is 2.16. The molecule has 3 nitrogen and oxygen atoms in total. The maximum absolute atomic E-state index is 3.53. The van der Waals surface area contributed by atoms with Crippen LogP contribution >= 0.6 is 0 Å². The fourth-order valence-corrected chi connectivity index (χ4v) is 2.77. The highest BCUT2D eigenvalue weighted by molar-refractivity contribution is 5.37. The number of nitrogens with one attached hydrogen (secondary N) is 2. The van der Waals surface area contributed by atoms with Crippen molar-refractivity contribution in [3.05, 3.63) is 34.4 Å². The largest absolute Gasteiger partial charge is 0.314 e. The molecule has 0 aromatic heterocycles. The Morgan fingerprint density at radius 1 is 1.11 bits per heavy atom. The second-order valence-corrected chi connectivity index (χ2v) is 5.27. The minimum absolute atomic E-state index is 1.03. The highest BCUT2D eigenvalue weighted by atomic mass is 15.5. The van der Waals surface area contributed by atoms with Crippen LogP contribution < -0.4 is 10.7 Å². The van der Waals surface area contributed by atoms with E-state index < -0.39 is 0 Å². The number of hydrogen-bond donors (Lipinski definition) is 2. The summed E-state index contributed by atoms with van der Waals surface area (Å²) >= 11 is 0. The molecule has 0 atom stereocenters. The molecule has 1 heterocycles. The molecule has 2 rings (SSSR count). The van der Waals surface area contributed by atoms with Gasteiger partial charge in [-0.05, 0) is 43.9 Å². The van der Waals surface area contributed by atoms with Gasteiger partial charge in [0.05, 0.1) is 0 Å². The van der Waals surface area contributed by atoms with Crippen molar-refractivity contribution in [2.75, 3.05) is 32.7 Å². The summed E-state index contributed by atoms with van der Waals surface area (Å²) in [4.78, 5) is 0. The number of nitrogens with zero attached hydrogens (tertiary/aromatic N) is 1. The highest BCUT2D eigenvalue weighted by Gasteiger charge is 2.09. The molecule has 0 bridgehead atoms. The van der Waals surface area contributed by atoms with Crippen molar-refractivity contribution in [3.8, 4) is 0 Å². The Bertz CT molecular complexity index is 372. The fourth-order valence-electron chi connectivity index (χ4n) is 2.77. The van der Waals surface area contributed by atoms with Gasteiger partial charge in [-0.1, -0.05) is 17.7 Å². The molecule has 1 saturated heterocycles. The number of benzene rings is 1. The molecule has 1 aliphatic rings. The number of piperazine rings is 1. The first-order chi connectivity index (χ1) is 8.66. The number of aryl methyl sites for hydroxylation is 3. The van der Waals surface area contributed by atoms with Gasteiger partial charge >= 0.3 is 0 Å². The third kappa shape index (κ3) is 3.55. The van der Waals surface area contributed by atoms with Gasteiger partial charge in [0.15, 0.2) is 0 Å². The Labute approximate surface area is 111 Å². The van der Waals surface area contributed by atoms with E-state index in [0.717, 1.165) is 39.1 Å². The van der Waals surface area contributed by atoms with Gasteiger partial charge in [0.25, 0.3) is 0 Å². The molecule has 0 saturated carbocycles. The zero-order chi connectivity index (χ0) is 13.0. The molecule has 0 aliphatic carbocycles. The van der Waals surface area contributed by atoms with Gasteiger partial charge in [-0.3, -0.25) is 5.43 Å². The molecule has 0 amide bonds. The third-order valence-corrected chi connectivity index (χ3v) is 3.67. The monoisotopic (exact) mass is 247 g/mol. The Balaban J connectivity index is 1.86. The van der Waals surface area contributed by atoms with Gasteiger partial charge in [-0.15, -0.1) is 0 Å². The number of hydrazine groups is 1. The molecule has 1 aromatic rings. The molecular weight excluding hydrogens is 222 g/mol. The molecule has 0 spiro atoms. The van der Waals surface area contributed by atoms with Crippen LogP contribution in [0, 0.1) is 20.8 Å². The van der Waals surface area contributed by atoms with E-state index in [9.17, 15) is 0 Å². The van der Waals surface area contributed by atoms with Crippen LogP contribution in [-0.4, -0.2) is 37.7 Å². The Hall–Kier alpha value is -0.900. The topological polar surface area (TPSA) is 27.3 Å². The number of rotatable bonds is 4. The molecule has 2 N–H and O–H groups in total. The van der Waals surface area contributed by atoms with Gasteiger partial charge in [0, 0.05) is 32.7 Å². The lowest BCUT2D eigenvalue weighted by Gasteiger charge is -2.28. The van der Waals surface area contributed by atoms with Crippen LogP contribution in [0.5, 0.6) is 0 Å². The quantitative estimate of drug-likeness (QED) is 0.845. The second kappa shape index (κ2) is 6.32. The SMILES string of the molecule is Cc1cc(C)c(CCNN2CCNCC2)c(C)c1. The van der Waals surface area contributed by atoms with Crippen LogP contribution in [0.1, 0.15) is 22.3 Å². The normalized spacial score (nSPS) is 17.1. The fraction of sp³-hybridized carbons (Fsp3) is 0.600. The first-order valence-electron chi connectivity index (χ1n) is 6.92. The van der Waals surface area contributed by atoms with E-state index in [1.54, 1.807) is 0 Å². The van der Waals surface area contributed by atoms with Crippen molar-refractivity contribution < 1.29 is 0 Å². The van der Waals surface area contributed by atoms with Crippen molar-refractivity contribution >= 4 is 0 Å². The molecule has 18 heavy (non-hydrogen) atoms.